The number of para-hydroxylation sites is 1. The van der Waals surface area contributed by atoms with Crippen molar-refractivity contribution >= 4 is 11.6 Å². The molecule has 0 spiro atoms. The number of hydrogen-bond acceptors (Lipinski definition) is 4. The van der Waals surface area contributed by atoms with Gasteiger partial charge in [-0.15, -0.1) is 0 Å². The van der Waals surface area contributed by atoms with Crippen molar-refractivity contribution in [3.05, 3.63) is 53.9 Å². The number of pyridine rings is 1. The highest BCUT2D eigenvalue weighted by molar-refractivity contribution is 5.93. The molecule has 0 aliphatic carbocycles. The highest BCUT2D eigenvalue weighted by Gasteiger charge is 2.07. The Kier molecular flexibility index (Phi) is 5.15. The first kappa shape index (κ1) is 14.8. The van der Waals surface area contributed by atoms with Crippen molar-refractivity contribution in [2.24, 2.45) is 0 Å². The van der Waals surface area contributed by atoms with Gasteiger partial charge in [0.15, 0.2) is 0 Å². The van der Waals surface area contributed by atoms with Crippen LogP contribution in [0, 0.1) is 0 Å². The lowest BCUT2D eigenvalue weighted by molar-refractivity contribution is 0.0951. The minimum atomic E-state index is -0.168. The molecule has 2 rings (SSSR count). The molecule has 5 nitrogen and oxygen atoms in total. The first-order chi connectivity index (χ1) is 10.2. The van der Waals surface area contributed by atoms with E-state index in [-0.39, 0.29) is 5.91 Å². The maximum Gasteiger partial charge on any atom is 0.269 e. The fourth-order valence-corrected chi connectivity index (χ4v) is 1.96. The summed E-state index contributed by atoms with van der Waals surface area (Å²) in [6, 6.07) is 11.4. The topological polar surface area (TPSA) is 63.2 Å². The molecule has 21 heavy (non-hydrogen) atoms. The summed E-state index contributed by atoms with van der Waals surface area (Å²) < 4.78 is 5.31. The third kappa shape index (κ3) is 3.95. The number of methoxy groups -OCH3 is 1. The summed E-state index contributed by atoms with van der Waals surface area (Å²) in [6.45, 7) is 3.07. The Morgan fingerprint density at radius 2 is 2.10 bits per heavy atom. The monoisotopic (exact) mass is 285 g/mol. The zero-order valence-corrected chi connectivity index (χ0v) is 12.2. The lowest BCUT2D eigenvalue weighted by atomic mass is 10.2. The predicted octanol–water partition coefficient (Wildman–Crippen LogP) is 2.45. The number of carbonyl (C=O) groups is 1. The first-order valence-electron chi connectivity index (χ1n) is 6.84. The number of ether oxygens (including phenoxy) is 1. The SMILES string of the molecule is CCNC(=O)c1cc(NCc2ccccc2OC)ccn1. The number of nitrogens with one attached hydrogen (secondary N) is 2. The van der Waals surface area contributed by atoms with Gasteiger partial charge in [-0.05, 0) is 25.1 Å². The third-order valence-corrected chi connectivity index (χ3v) is 3.01. The Morgan fingerprint density at radius 3 is 2.86 bits per heavy atom. The second-order valence-corrected chi connectivity index (χ2v) is 4.45. The summed E-state index contributed by atoms with van der Waals surface area (Å²) >= 11 is 0. The van der Waals surface area contributed by atoms with E-state index in [0.717, 1.165) is 17.0 Å². The van der Waals surface area contributed by atoms with E-state index in [2.05, 4.69) is 15.6 Å². The van der Waals surface area contributed by atoms with Gasteiger partial charge in [-0.2, -0.15) is 0 Å². The smallest absolute Gasteiger partial charge is 0.269 e. The Bertz CT molecular complexity index is 614. The van der Waals surface area contributed by atoms with Crippen LogP contribution in [-0.4, -0.2) is 24.5 Å². The van der Waals surface area contributed by atoms with Crippen LogP contribution in [-0.2, 0) is 6.54 Å². The number of nitrogens with zero attached hydrogens (tertiary/aromatic N) is 1. The summed E-state index contributed by atoms with van der Waals surface area (Å²) in [5.41, 5.74) is 2.30. The Morgan fingerprint density at radius 1 is 1.29 bits per heavy atom. The molecular weight excluding hydrogens is 266 g/mol. The van der Waals surface area contributed by atoms with Gasteiger partial charge >= 0.3 is 0 Å². The van der Waals surface area contributed by atoms with Crippen LogP contribution < -0.4 is 15.4 Å². The van der Waals surface area contributed by atoms with E-state index in [1.54, 1.807) is 19.4 Å². The average Bonchev–Trinajstić information content (AvgIpc) is 2.53. The summed E-state index contributed by atoms with van der Waals surface area (Å²) in [5.74, 6) is 0.668. The number of hydrogen-bond donors (Lipinski definition) is 2. The van der Waals surface area contributed by atoms with Crippen LogP contribution in [0.5, 0.6) is 5.75 Å². The second-order valence-electron chi connectivity index (χ2n) is 4.45. The van der Waals surface area contributed by atoms with Gasteiger partial charge in [0.25, 0.3) is 5.91 Å². The Balaban J connectivity index is 2.06. The van der Waals surface area contributed by atoms with E-state index in [0.29, 0.717) is 18.8 Å². The molecule has 0 aliphatic rings. The number of rotatable bonds is 6. The molecule has 0 aliphatic heterocycles. The standard InChI is InChI=1S/C16H19N3O2/c1-3-17-16(20)14-10-13(8-9-18-14)19-11-12-6-4-5-7-15(12)21-2/h4-10H,3,11H2,1-2H3,(H,17,20)(H,18,19). The van der Waals surface area contributed by atoms with Gasteiger partial charge in [-0.25, -0.2) is 0 Å². The molecule has 0 bridgehead atoms. The van der Waals surface area contributed by atoms with Crippen LogP contribution in [0.25, 0.3) is 0 Å². The van der Waals surface area contributed by atoms with Gasteiger partial charge in [0, 0.05) is 30.5 Å². The zero-order chi connectivity index (χ0) is 15.1. The summed E-state index contributed by atoms with van der Waals surface area (Å²) in [4.78, 5) is 15.8. The average molecular weight is 285 g/mol. The fourth-order valence-electron chi connectivity index (χ4n) is 1.96. The minimum Gasteiger partial charge on any atom is -0.496 e. The molecule has 110 valence electrons. The van der Waals surface area contributed by atoms with Crippen LogP contribution in [0.15, 0.2) is 42.6 Å². The van der Waals surface area contributed by atoms with Gasteiger partial charge in [0.1, 0.15) is 11.4 Å². The predicted molar refractivity (Wildman–Crippen MR) is 82.6 cm³/mol. The van der Waals surface area contributed by atoms with Gasteiger partial charge < -0.3 is 15.4 Å². The summed E-state index contributed by atoms with van der Waals surface area (Å²) in [7, 11) is 1.65. The van der Waals surface area contributed by atoms with E-state index in [9.17, 15) is 4.79 Å². The van der Waals surface area contributed by atoms with Crippen molar-refractivity contribution in [1.82, 2.24) is 10.3 Å². The van der Waals surface area contributed by atoms with Crippen LogP contribution in [0.3, 0.4) is 0 Å². The molecule has 0 saturated carbocycles. The number of aromatic nitrogens is 1. The quantitative estimate of drug-likeness (QED) is 0.855. The van der Waals surface area contributed by atoms with E-state index in [1.807, 2.05) is 37.3 Å². The van der Waals surface area contributed by atoms with Crippen LogP contribution >= 0.6 is 0 Å². The van der Waals surface area contributed by atoms with Crippen LogP contribution in [0.2, 0.25) is 0 Å². The van der Waals surface area contributed by atoms with Gasteiger partial charge in [0.05, 0.1) is 7.11 Å². The molecule has 0 radical (unpaired) electrons. The van der Waals surface area contributed by atoms with Crippen LogP contribution in [0.1, 0.15) is 23.0 Å². The summed E-state index contributed by atoms with van der Waals surface area (Å²) in [5, 5.41) is 6.00. The lowest BCUT2D eigenvalue weighted by Crippen LogP contribution is -2.23. The molecule has 1 heterocycles. The van der Waals surface area contributed by atoms with E-state index < -0.39 is 0 Å². The third-order valence-electron chi connectivity index (χ3n) is 3.01. The minimum absolute atomic E-state index is 0.168. The maximum atomic E-state index is 11.8. The van der Waals surface area contributed by atoms with Crippen molar-refractivity contribution in [3.63, 3.8) is 0 Å². The summed E-state index contributed by atoms with van der Waals surface area (Å²) in [6.07, 6.45) is 1.62. The Hall–Kier alpha value is -2.56. The van der Waals surface area contributed by atoms with E-state index >= 15 is 0 Å². The Labute approximate surface area is 124 Å². The molecule has 0 fully saturated rings. The zero-order valence-electron chi connectivity index (χ0n) is 12.2. The second kappa shape index (κ2) is 7.28. The van der Waals surface area contributed by atoms with Gasteiger partial charge in [-0.3, -0.25) is 9.78 Å². The maximum absolute atomic E-state index is 11.8. The molecule has 0 atom stereocenters. The highest BCUT2D eigenvalue weighted by atomic mass is 16.5. The number of amides is 1. The van der Waals surface area contributed by atoms with Crippen LogP contribution in [0.4, 0.5) is 5.69 Å². The molecule has 0 unspecified atom stereocenters. The lowest BCUT2D eigenvalue weighted by Gasteiger charge is -2.11. The molecule has 1 amide bonds. The van der Waals surface area contributed by atoms with Crippen molar-refractivity contribution in [3.8, 4) is 5.75 Å². The number of anilines is 1. The van der Waals surface area contributed by atoms with E-state index in [4.69, 9.17) is 4.74 Å². The molecule has 2 N–H and O–H groups in total. The molecule has 5 heteroatoms. The molecule has 0 saturated heterocycles. The number of carbonyl (C=O) groups excluding carboxylic acids is 1. The number of benzene rings is 1. The van der Waals surface area contributed by atoms with Crippen molar-refractivity contribution < 1.29 is 9.53 Å². The molecule has 1 aromatic carbocycles. The van der Waals surface area contributed by atoms with Crippen molar-refractivity contribution in [2.45, 2.75) is 13.5 Å². The van der Waals surface area contributed by atoms with Crippen molar-refractivity contribution in [1.29, 1.82) is 0 Å². The molecular formula is C16H19N3O2. The normalized spacial score (nSPS) is 10.0. The fraction of sp³-hybridized carbons (Fsp3) is 0.250. The first-order valence-corrected chi connectivity index (χ1v) is 6.84. The molecule has 2 aromatic rings. The van der Waals surface area contributed by atoms with Gasteiger partial charge in [0.2, 0.25) is 0 Å². The largest absolute Gasteiger partial charge is 0.496 e. The van der Waals surface area contributed by atoms with E-state index in [1.165, 1.54) is 0 Å². The van der Waals surface area contributed by atoms with Gasteiger partial charge in [-0.1, -0.05) is 18.2 Å². The molecule has 1 aromatic heterocycles. The van der Waals surface area contributed by atoms with Crippen molar-refractivity contribution in [2.75, 3.05) is 19.0 Å². The highest BCUT2D eigenvalue weighted by Crippen LogP contribution is 2.19.